The standard InChI is InChI=1S/C23H27N3O2/c1-27-17-18-11-12-25(14-18)15-20-16-26(21-8-4-3-5-9-21)24-23(20)19-7-6-10-22(13-19)28-2/h3-10,13,16,18H,11-12,14-15,17H2,1-2H3. The van der Waals surface area contributed by atoms with Crippen LogP contribution in [0.2, 0.25) is 0 Å². The molecule has 1 aromatic heterocycles. The lowest BCUT2D eigenvalue weighted by molar-refractivity contribution is 0.152. The lowest BCUT2D eigenvalue weighted by Crippen LogP contribution is -2.21. The summed E-state index contributed by atoms with van der Waals surface area (Å²) in [5, 5.41) is 4.93. The van der Waals surface area contributed by atoms with Gasteiger partial charge in [-0.15, -0.1) is 0 Å². The molecule has 5 nitrogen and oxygen atoms in total. The van der Waals surface area contributed by atoms with E-state index in [1.54, 1.807) is 14.2 Å². The summed E-state index contributed by atoms with van der Waals surface area (Å²) in [4.78, 5) is 2.50. The molecule has 1 saturated heterocycles. The van der Waals surface area contributed by atoms with Crippen LogP contribution in [-0.2, 0) is 11.3 Å². The van der Waals surface area contributed by atoms with E-state index in [4.69, 9.17) is 14.6 Å². The van der Waals surface area contributed by atoms with Gasteiger partial charge >= 0.3 is 0 Å². The number of nitrogens with zero attached hydrogens (tertiary/aromatic N) is 3. The van der Waals surface area contributed by atoms with Gasteiger partial charge in [0, 0.05) is 37.5 Å². The summed E-state index contributed by atoms with van der Waals surface area (Å²) < 4.78 is 12.7. The van der Waals surface area contributed by atoms with Crippen molar-refractivity contribution >= 4 is 0 Å². The number of hydrogen-bond acceptors (Lipinski definition) is 4. The van der Waals surface area contributed by atoms with Crippen molar-refractivity contribution in [3.8, 4) is 22.7 Å². The second-order valence-electron chi connectivity index (χ2n) is 7.36. The average Bonchev–Trinajstić information content (AvgIpc) is 3.36. The lowest BCUT2D eigenvalue weighted by atomic mass is 10.1. The van der Waals surface area contributed by atoms with Crippen molar-refractivity contribution in [3.63, 3.8) is 0 Å². The van der Waals surface area contributed by atoms with E-state index in [9.17, 15) is 0 Å². The molecule has 28 heavy (non-hydrogen) atoms. The molecule has 4 rings (SSSR count). The zero-order chi connectivity index (χ0) is 19.3. The first-order valence-electron chi connectivity index (χ1n) is 9.76. The summed E-state index contributed by atoms with van der Waals surface area (Å²) in [5.74, 6) is 1.47. The van der Waals surface area contributed by atoms with Crippen LogP contribution in [0.5, 0.6) is 5.75 Å². The number of aromatic nitrogens is 2. The van der Waals surface area contributed by atoms with Crippen LogP contribution < -0.4 is 4.74 Å². The van der Waals surface area contributed by atoms with Gasteiger partial charge in [-0.3, -0.25) is 4.90 Å². The van der Waals surface area contributed by atoms with E-state index >= 15 is 0 Å². The summed E-state index contributed by atoms with van der Waals surface area (Å²) in [6, 6.07) is 18.4. The molecule has 146 valence electrons. The molecule has 0 saturated carbocycles. The number of methoxy groups -OCH3 is 2. The molecular weight excluding hydrogens is 350 g/mol. The topological polar surface area (TPSA) is 39.5 Å². The zero-order valence-electron chi connectivity index (χ0n) is 16.5. The van der Waals surface area contributed by atoms with Gasteiger partial charge in [-0.1, -0.05) is 30.3 Å². The fourth-order valence-electron chi connectivity index (χ4n) is 3.92. The normalized spacial score (nSPS) is 17.1. The maximum absolute atomic E-state index is 5.42. The van der Waals surface area contributed by atoms with Crippen LogP contribution in [0.3, 0.4) is 0 Å². The van der Waals surface area contributed by atoms with Crippen LogP contribution in [0.15, 0.2) is 60.8 Å². The highest BCUT2D eigenvalue weighted by molar-refractivity contribution is 5.65. The summed E-state index contributed by atoms with van der Waals surface area (Å²) in [5.41, 5.74) is 4.39. The first kappa shape index (κ1) is 18.7. The molecule has 2 aromatic carbocycles. The maximum atomic E-state index is 5.42. The average molecular weight is 377 g/mol. The Morgan fingerprint density at radius 1 is 1.07 bits per heavy atom. The fourth-order valence-corrected chi connectivity index (χ4v) is 3.92. The van der Waals surface area contributed by atoms with Gasteiger partial charge in [0.25, 0.3) is 0 Å². The molecule has 2 heterocycles. The van der Waals surface area contributed by atoms with Crippen LogP contribution in [0.4, 0.5) is 0 Å². The quantitative estimate of drug-likeness (QED) is 0.624. The third-order valence-corrected chi connectivity index (χ3v) is 5.32. The molecule has 1 fully saturated rings. The van der Waals surface area contributed by atoms with Crippen molar-refractivity contribution in [2.75, 3.05) is 33.9 Å². The van der Waals surface area contributed by atoms with Gasteiger partial charge in [-0.05, 0) is 43.1 Å². The minimum Gasteiger partial charge on any atom is -0.497 e. The van der Waals surface area contributed by atoms with Crippen LogP contribution in [0.1, 0.15) is 12.0 Å². The molecule has 1 aliphatic heterocycles. The van der Waals surface area contributed by atoms with E-state index in [0.29, 0.717) is 5.92 Å². The maximum Gasteiger partial charge on any atom is 0.119 e. The third kappa shape index (κ3) is 4.11. The Balaban J connectivity index is 1.66. The number of para-hydroxylation sites is 1. The Labute approximate surface area is 166 Å². The van der Waals surface area contributed by atoms with E-state index in [2.05, 4.69) is 35.4 Å². The summed E-state index contributed by atoms with van der Waals surface area (Å²) >= 11 is 0. The van der Waals surface area contributed by atoms with Gasteiger partial charge in [0.2, 0.25) is 0 Å². The monoisotopic (exact) mass is 377 g/mol. The van der Waals surface area contributed by atoms with Crippen LogP contribution in [0.25, 0.3) is 16.9 Å². The highest BCUT2D eigenvalue weighted by atomic mass is 16.5. The summed E-state index contributed by atoms with van der Waals surface area (Å²) in [6.45, 7) is 3.89. The molecule has 0 N–H and O–H groups in total. The molecule has 0 spiro atoms. The molecule has 0 radical (unpaired) electrons. The molecule has 1 atom stereocenters. The van der Waals surface area contributed by atoms with Crippen molar-refractivity contribution in [1.82, 2.24) is 14.7 Å². The highest BCUT2D eigenvalue weighted by Gasteiger charge is 2.24. The van der Waals surface area contributed by atoms with E-state index in [0.717, 1.165) is 48.9 Å². The van der Waals surface area contributed by atoms with Gasteiger partial charge in [-0.25, -0.2) is 4.68 Å². The number of rotatable bonds is 7. The van der Waals surface area contributed by atoms with E-state index in [-0.39, 0.29) is 0 Å². The third-order valence-electron chi connectivity index (χ3n) is 5.32. The first-order valence-corrected chi connectivity index (χ1v) is 9.76. The van der Waals surface area contributed by atoms with Gasteiger partial charge in [0.1, 0.15) is 5.75 Å². The minimum absolute atomic E-state index is 0.620. The Bertz CT molecular complexity index is 907. The lowest BCUT2D eigenvalue weighted by Gasteiger charge is -2.16. The Kier molecular flexibility index (Phi) is 5.74. The van der Waals surface area contributed by atoms with Crippen LogP contribution >= 0.6 is 0 Å². The predicted molar refractivity (Wildman–Crippen MR) is 111 cm³/mol. The molecule has 1 unspecified atom stereocenters. The highest BCUT2D eigenvalue weighted by Crippen LogP contribution is 2.29. The van der Waals surface area contributed by atoms with E-state index in [1.165, 1.54) is 12.0 Å². The molecular formula is C23H27N3O2. The minimum atomic E-state index is 0.620. The number of benzene rings is 2. The number of likely N-dealkylation sites (tertiary alicyclic amines) is 1. The van der Waals surface area contributed by atoms with Gasteiger partial charge in [0.15, 0.2) is 0 Å². The fraction of sp³-hybridized carbons (Fsp3) is 0.348. The molecule has 0 aliphatic carbocycles. The molecule has 0 bridgehead atoms. The van der Waals surface area contributed by atoms with Crippen LogP contribution in [0, 0.1) is 5.92 Å². The van der Waals surface area contributed by atoms with Crippen molar-refractivity contribution in [1.29, 1.82) is 0 Å². The Hall–Kier alpha value is -2.63. The SMILES string of the molecule is COCC1CCN(Cc2cn(-c3ccccc3)nc2-c2cccc(OC)c2)C1. The Morgan fingerprint density at radius 2 is 1.93 bits per heavy atom. The number of ether oxygens (including phenoxy) is 2. The van der Waals surface area contributed by atoms with Crippen molar-refractivity contribution < 1.29 is 9.47 Å². The Morgan fingerprint density at radius 3 is 2.71 bits per heavy atom. The van der Waals surface area contributed by atoms with Gasteiger partial charge < -0.3 is 9.47 Å². The van der Waals surface area contributed by atoms with Crippen molar-refractivity contribution in [2.45, 2.75) is 13.0 Å². The molecule has 5 heteroatoms. The van der Waals surface area contributed by atoms with E-state index in [1.807, 2.05) is 35.0 Å². The number of hydrogen-bond donors (Lipinski definition) is 0. The molecule has 0 amide bonds. The summed E-state index contributed by atoms with van der Waals surface area (Å²) in [7, 11) is 3.48. The van der Waals surface area contributed by atoms with Gasteiger partial charge in [-0.2, -0.15) is 5.10 Å². The predicted octanol–water partition coefficient (Wildman–Crippen LogP) is 4.02. The molecule has 3 aromatic rings. The van der Waals surface area contributed by atoms with Crippen molar-refractivity contribution in [2.24, 2.45) is 5.92 Å². The largest absolute Gasteiger partial charge is 0.497 e. The smallest absolute Gasteiger partial charge is 0.119 e. The molecule has 1 aliphatic rings. The zero-order valence-corrected chi connectivity index (χ0v) is 16.5. The second-order valence-corrected chi connectivity index (χ2v) is 7.36. The van der Waals surface area contributed by atoms with E-state index < -0.39 is 0 Å². The summed E-state index contributed by atoms with van der Waals surface area (Å²) in [6.07, 6.45) is 3.35. The van der Waals surface area contributed by atoms with Crippen LogP contribution in [-0.4, -0.2) is 48.6 Å². The second kappa shape index (κ2) is 8.59. The first-order chi connectivity index (χ1) is 13.8. The van der Waals surface area contributed by atoms with Crippen molar-refractivity contribution in [3.05, 3.63) is 66.4 Å². The van der Waals surface area contributed by atoms with Gasteiger partial charge in [0.05, 0.1) is 25.1 Å².